The number of primary amides is 1. The Labute approximate surface area is 93.9 Å². The summed E-state index contributed by atoms with van der Waals surface area (Å²) >= 11 is 0. The zero-order valence-electron chi connectivity index (χ0n) is 8.38. The van der Waals surface area contributed by atoms with Gasteiger partial charge >= 0.3 is 18.9 Å². The molecule has 78 valence electrons. The molecule has 0 unspecified atom stereocenters. The van der Waals surface area contributed by atoms with Gasteiger partial charge < -0.3 is 7.16 Å². The molecule has 0 fully saturated rings. The molecule has 0 spiro atoms. The molecule has 0 bridgehead atoms. The van der Waals surface area contributed by atoms with Gasteiger partial charge in [0.15, 0.2) is 23.3 Å². The van der Waals surface area contributed by atoms with Crippen LogP contribution in [-0.2, 0) is 0 Å². The van der Waals surface area contributed by atoms with E-state index in [1.54, 1.807) is 0 Å². The first-order chi connectivity index (χ1) is 6.37. The minimum atomic E-state index is -2.33. The first-order valence-electron chi connectivity index (χ1n) is 3.19. The Kier molecular flexibility index (Phi) is 4.31. The summed E-state index contributed by atoms with van der Waals surface area (Å²) in [4.78, 5) is 10.3. The first kappa shape index (κ1) is 13.9. The average molecular weight is 219 g/mol. The summed E-state index contributed by atoms with van der Waals surface area (Å²) in [7, 11) is 0. The Morgan fingerprint density at radius 2 is 1.13 bits per heavy atom. The maximum absolute atomic E-state index is 12.6. The molecule has 0 heterocycles. The van der Waals surface area contributed by atoms with Crippen molar-refractivity contribution in [2.24, 2.45) is 5.73 Å². The van der Waals surface area contributed by atoms with Crippen LogP contribution in [0.1, 0.15) is 11.8 Å². The van der Waals surface area contributed by atoms with Gasteiger partial charge in [-0.25, -0.2) is 22.0 Å². The molecule has 0 saturated heterocycles. The second-order valence-corrected chi connectivity index (χ2v) is 2.31. The van der Waals surface area contributed by atoms with E-state index in [1.165, 1.54) is 0 Å². The summed E-state index contributed by atoms with van der Waals surface area (Å²) in [6.45, 7) is 0. The zero-order valence-corrected chi connectivity index (χ0v) is 7.38. The van der Waals surface area contributed by atoms with E-state index in [1.807, 2.05) is 0 Å². The summed E-state index contributed by atoms with van der Waals surface area (Å²) < 4.78 is 62.4. The van der Waals surface area contributed by atoms with Gasteiger partial charge in [-0.3, -0.25) is 4.79 Å². The smallest absolute Gasteiger partial charge is 1.00 e. The fraction of sp³-hybridized carbons (Fsp3) is 0. The van der Waals surface area contributed by atoms with Crippen molar-refractivity contribution >= 4 is 5.91 Å². The second-order valence-electron chi connectivity index (χ2n) is 2.31. The molecule has 15 heavy (non-hydrogen) atoms. The minimum absolute atomic E-state index is 0. The summed E-state index contributed by atoms with van der Waals surface area (Å²) in [6, 6.07) is 0. The first-order valence-corrected chi connectivity index (χ1v) is 3.19. The molecule has 0 atom stereocenters. The third-order valence-corrected chi connectivity index (χ3v) is 1.46. The van der Waals surface area contributed by atoms with Crippen molar-refractivity contribution in [1.82, 2.24) is 0 Å². The van der Waals surface area contributed by atoms with Crippen LogP contribution in [0.15, 0.2) is 0 Å². The van der Waals surface area contributed by atoms with Crippen LogP contribution < -0.4 is 24.6 Å². The van der Waals surface area contributed by atoms with Crippen LogP contribution in [0.25, 0.3) is 0 Å². The van der Waals surface area contributed by atoms with Crippen molar-refractivity contribution in [2.75, 3.05) is 0 Å². The summed E-state index contributed by atoms with van der Waals surface area (Å²) in [5.74, 6) is -12.9. The van der Waals surface area contributed by atoms with Gasteiger partial charge in [-0.15, -0.1) is 0 Å². The Morgan fingerprint density at radius 1 is 0.867 bits per heavy atom. The number of rotatable bonds is 1. The molecule has 2 N–H and O–H groups in total. The van der Waals surface area contributed by atoms with Crippen molar-refractivity contribution < 1.29 is 47.0 Å². The van der Waals surface area contributed by atoms with Crippen LogP contribution >= 0.6 is 0 Å². The molecule has 1 rings (SSSR count). The van der Waals surface area contributed by atoms with Crippen LogP contribution in [0.2, 0.25) is 0 Å². The van der Waals surface area contributed by atoms with Crippen LogP contribution in [-0.4, -0.2) is 5.91 Å². The van der Waals surface area contributed by atoms with E-state index in [9.17, 15) is 26.7 Å². The van der Waals surface area contributed by atoms with Gasteiger partial charge in [-0.1, -0.05) is 0 Å². The topological polar surface area (TPSA) is 43.1 Å². The Hall–Kier alpha value is -1.06. The summed E-state index contributed by atoms with van der Waals surface area (Å²) in [5, 5.41) is 0. The fourth-order valence-corrected chi connectivity index (χ4v) is 0.821. The molecular formula is C7H3F5LiNO. The van der Waals surface area contributed by atoms with Crippen LogP contribution in [0.5, 0.6) is 0 Å². The number of hydrogen-bond acceptors (Lipinski definition) is 1. The van der Waals surface area contributed by atoms with Crippen LogP contribution in [0, 0.1) is 29.1 Å². The molecular weight excluding hydrogens is 216 g/mol. The van der Waals surface area contributed by atoms with E-state index in [4.69, 9.17) is 0 Å². The monoisotopic (exact) mass is 219 g/mol. The average Bonchev–Trinajstić information content (AvgIpc) is 2.11. The Morgan fingerprint density at radius 3 is 1.40 bits per heavy atom. The van der Waals surface area contributed by atoms with E-state index < -0.39 is 40.6 Å². The fourth-order valence-electron chi connectivity index (χ4n) is 0.821. The van der Waals surface area contributed by atoms with Gasteiger partial charge in [0.05, 0.1) is 0 Å². The molecule has 1 aromatic carbocycles. The number of carbonyl (C=O) groups excluding carboxylic acids is 1. The number of nitrogens with two attached hydrogens (primary N) is 1. The second kappa shape index (κ2) is 4.64. The molecule has 0 radical (unpaired) electrons. The normalized spacial score (nSPS) is 9.67. The molecule has 1 amide bonds. The standard InChI is InChI=1S/C7H2F5NO.Li.H/c8-2-1(7(13)14)3(9)5(11)6(12)4(2)10;;/h(H2,13,14);;/q;+1;-1. The number of benzene rings is 1. The largest absolute Gasteiger partial charge is 1.00 e. The molecule has 1 aromatic rings. The molecule has 8 heteroatoms. The predicted octanol–water partition coefficient (Wildman–Crippen LogP) is -1.40. The third-order valence-electron chi connectivity index (χ3n) is 1.46. The van der Waals surface area contributed by atoms with E-state index in [2.05, 4.69) is 5.73 Å². The van der Waals surface area contributed by atoms with E-state index in [0.29, 0.717) is 0 Å². The van der Waals surface area contributed by atoms with Gasteiger partial charge in [-0.2, -0.15) is 0 Å². The zero-order chi connectivity index (χ0) is 11.0. The quantitative estimate of drug-likeness (QED) is 0.268. The molecule has 0 aliphatic carbocycles. The predicted molar refractivity (Wildman–Crippen MR) is 35.9 cm³/mol. The molecule has 0 aromatic heterocycles. The number of amides is 1. The maximum atomic E-state index is 12.6. The molecule has 0 aliphatic rings. The number of hydrogen-bond donors (Lipinski definition) is 1. The van der Waals surface area contributed by atoms with Gasteiger partial charge in [0.2, 0.25) is 5.82 Å². The Bertz CT molecular complexity index is 399. The third kappa shape index (κ3) is 2.13. The molecule has 2 nitrogen and oxygen atoms in total. The number of halogens is 5. The summed E-state index contributed by atoms with van der Waals surface area (Å²) in [5.41, 5.74) is 2.79. The van der Waals surface area contributed by atoms with E-state index in [-0.39, 0.29) is 20.3 Å². The minimum Gasteiger partial charge on any atom is -1.00 e. The Balaban J connectivity index is 0. The van der Waals surface area contributed by atoms with Crippen LogP contribution in [0.3, 0.4) is 0 Å². The number of carbonyl (C=O) groups is 1. The van der Waals surface area contributed by atoms with Crippen molar-refractivity contribution in [2.45, 2.75) is 0 Å². The van der Waals surface area contributed by atoms with Crippen molar-refractivity contribution in [3.63, 3.8) is 0 Å². The van der Waals surface area contributed by atoms with E-state index in [0.717, 1.165) is 0 Å². The molecule has 0 aliphatic heterocycles. The van der Waals surface area contributed by atoms with Crippen molar-refractivity contribution in [1.29, 1.82) is 0 Å². The van der Waals surface area contributed by atoms with Crippen molar-refractivity contribution in [3.8, 4) is 0 Å². The van der Waals surface area contributed by atoms with Crippen LogP contribution in [0.4, 0.5) is 22.0 Å². The molecule has 0 saturated carbocycles. The van der Waals surface area contributed by atoms with Gasteiger partial charge in [-0.05, 0) is 0 Å². The maximum Gasteiger partial charge on any atom is 1.00 e. The van der Waals surface area contributed by atoms with Crippen molar-refractivity contribution in [3.05, 3.63) is 34.6 Å². The SMILES string of the molecule is NC(=O)c1c(F)c(F)c(F)c(F)c1F.[H-].[Li+]. The van der Waals surface area contributed by atoms with Gasteiger partial charge in [0.1, 0.15) is 5.56 Å². The summed E-state index contributed by atoms with van der Waals surface area (Å²) in [6.07, 6.45) is 0. The van der Waals surface area contributed by atoms with Gasteiger partial charge in [0, 0.05) is 0 Å². The van der Waals surface area contributed by atoms with Gasteiger partial charge in [0.25, 0.3) is 5.91 Å². The van der Waals surface area contributed by atoms with E-state index >= 15 is 0 Å².